The van der Waals surface area contributed by atoms with Gasteiger partial charge in [0.05, 0.1) is 39.6 Å². The molecule has 0 saturated heterocycles. The van der Waals surface area contributed by atoms with Crippen molar-refractivity contribution in [3.05, 3.63) is 0 Å². The molecule has 2 N–H and O–H groups in total. The highest BCUT2D eigenvalue weighted by atomic mass is 16.5. The molecule has 176 valence electrons. The highest BCUT2D eigenvalue weighted by Gasteiger charge is 2.24. The molecule has 0 aromatic rings. The van der Waals surface area contributed by atoms with Gasteiger partial charge in [0, 0.05) is 37.1 Å². The lowest BCUT2D eigenvalue weighted by atomic mass is 10.1. The van der Waals surface area contributed by atoms with Crippen LogP contribution in [0.15, 0.2) is 0 Å². The molecule has 0 aliphatic heterocycles. The Morgan fingerprint density at radius 2 is 0.897 bits per heavy atom. The smallest absolute Gasteiger partial charge is 0.112 e. The van der Waals surface area contributed by atoms with Gasteiger partial charge in [-0.2, -0.15) is 0 Å². The van der Waals surface area contributed by atoms with E-state index in [-0.39, 0.29) is 23.5 Å². The average molecular weight is 421 g/mol. The molecule has 0 rings (SSSR count). The van der Waals surface area contributed by atoms with Gasteiger partial charge >= 0.3 is 0 Å². The summed E-state index contributed by atoms with van der Waals surface area (Å²) in [5.74, 6) is 0. The summed E-state index contributed by atoms with van der Waals surface area (Å²) in [4.78, 5) is 0. The molecule has 0 saturated carbocycles. The molecule has 0 amide bonds. The second kappa shape index (κ2) is 16.4. The van der Waals surface area contributed by atoms with Crippen molar-refractivity contribution in [1.29, 1.82) is 0 Å². The molecule has 7 nitrogen and oxygen atoms in total. The third kappa shape index (κ3) is 20.8. The average Bonchev–Trinajstić information content (AvgIpc) is 2.58. The lowest BCUT2D eigenvalue weighted by molar-refractivity contribution is -0.0906. The van der Waals surface area contributed by atoms with Gasteiger partial charge in [-0.25, -0.2) is 0 Å². The van der Waals surface area contributed by atoms with Gasteiger partial charge in [-0.05, 0) is 55.4 Å². The highest BCUT2D eigenvalue weighted by molar-refractivity contribution is 4.77. The lowest BCUT2D eigenvalue weighted by Gasteiger charge is -2.35. The zero-order valence-electron chi connectivity index (χ0n) is 20.3. The van der Waals surface area contributed by atoms with Crippen molar-refractivity contribution in [1.82, 2.24) is 10.6 Å². The first kappa shape index (κ1) is 28.7. The maximum absolute atomic E-state index is 6.41. The molecule has 29 heavy (non-hydrogen) atoms. The van der Waals surface area contributed by atoms with E-state index < -0.39 is 0 Å². The van der Waals surface area contributed by atoms with Gasteiger partial charge in [-0.3, -0.25) is 10.6 Å². The van der Waals surface area contributed by atoms with Gasteiger partial charge in [0.1, 0.15) is 12.5 Å². The number of hydrogen-bond donors (Lipinski definition) is 2. The molecule has 2 unspecified atom stereocenters. The van der Waals surface area contributed by atoms with E-state index in [0.717, 1.165) is 12.8 Å². The fourth-order valence-electron chi connectivity index (χ4n) is 2.62. The summed E-state index contributed by atoms with van der Waals surface area (Å²) < 4.78 is 28.4. The highest BCUT2D eigenvalue weighted by Crippen LogP contribution is 2.12. The van der Waals surface area contributed by atoms with Crippen LogP contribution in [0.25, 0.3) is 0 Å². The lowest BCUT2D eigenvalue weighted by Crippen LogP contribution is -2.52. The molecule has 0 aromatic heterocycles. The van der Waals surface area contributed by atoms with E-state index in [1.54, 1.807) is 0 Å². The summed E-state index contributed by atoms with van der Waals surface area (Å²) >= 11 is 0. The summed E-state index contributed by atoms with van der Waals surface area (Å²) in [6.07, 6.45) is 1.28. The molecular weight excluding hydrogens is 372 g/mol. The quantitative estimate of drug-likeness (QED) is 0.260. The maximum Gasteiger partial charge on any atom is 0.112 e. The molecule has 0 bridgehead atoms. The Balaban J connectivity index is 4.61. The normalized spacial score (nSPS) is 14.9. The van der Waals surface area contributed by atoms with E-state index in [1.807, 2.05) is 13.8 Å². The minimum absolute atomic E-state index is 0.0593. The van der Waals surface area contributed by atoms with E-state index in [9.17, 15) is 0 Å². The van der Waals surface area contributed by atoms with Gasteiger partial charge in [0.2, 0.25) is 0 Å². The van der Waals surface area contributed by atoms with Gasteiger partial charge in [-0.15, -0.1) is 0 Å². The van der Waals surface area contributed by atoms with Crippen LogP contribution in [-0.4, -0.2) is 76.4 Å². The van der Waals surface area contributed by atoms with Crippen LogP contribution in [-0.2, 0) is 23.7 Å². The third-order valence-corrected chi connectivity index (χ3v) is 3.72. The van der Waals surface area contributed by atoms with Crippen LogP contribution >= 0.6 is 0 Å². The first-order chi connectivity index (χ1) is 13.6. The summed E-state index contributed by atoms with van der Waals surface area (Å²) in [7, 11) is 0. The minimum Gasteiger partial charge on any atom is -0.379 e. The molecule has 2 atom stereocenters. The van der Waals surface area contributed by atoms with Gasteiger partial charge < -0.3 is 23.7 Å². The molecular formula is C22H48N2O5. The number of rotatable bonds is 18. The fraction of sp³-hybridized carbons (Fsp3) is 1.00. The van der Waals surface area contributed by atoms with E-state index in [1.165, 1.54) is 0 Å². The summed E-state index contributed by atoms with van der Waals surface area (Å²) in [6, 6.07) is 0. The van der Waals surface area contributed by atoms with E-state index in [0.29, 0.717) is 52.9 Å². The summed E-state index contributed by atoms with van der Waals surface area (Å²) in [6.45, 7) is 22.0. The van der Waals surface area contributed by atoms with Crippen LogP contribution in [0.4, 0.5) is 0 Å². The van der Waals surface area contributed by atoms with Crippen LogP contribution in [0.2, 0.25) is 0 Å². The summed E-state index contributed by atoms with van der Waals surface area (Å²) in [5, 5.41) is 7.12. The predicted octanol–water partition coefficient (Wildman–Crippen LogP) is 3.32. The molecule has 0 radical (unpaired) electrons. The largest absolute Gasteiger partial charge is 0.379 e. The second-order valence-electron chi connectivity index (χ2n) is 9.10. The van der Waals surface area contributed by atoms with Crippen molar-refractivity contribution >= 4 is 0 Å². The summed E-state index contributed by atoms with van der Waals surface area (Å²) in [5.41, 5.74) is -0.119. The van der Waals surface area contributed by atoms with Crippen molar-refractivity contribution in [2.24, 2.45) is 0 Å². The van der Waals surface area contributed by atoms with E-state index >= 15 is 0 Å². The molecule has 0 aromatic carbocycles. The fourth-order valence-corrected chi connectivity index (χ4v) is 2.62. The zero-order chi connectivity index (χ0) is 22.2. The first-order valence-corrected chi connectivity index (χ1v) is 11.1. The molecule has 0 fully saturated rings. The SMILES string of the molecule is CCOCCOCCC(NC(C)(C)C)OC(CCOCCOCC)NC(C)(C)C. The third-order valence-electron chi connectivity index (χ3n) is 3.72. The predicted molar refractivity (Wildman–Crippen MR) is 118 cm³/mol. The Morgan fingerprint density at radius 3 is 1.21 bits per heavy atom. The van der Waals surface area contributed by atoms with E-state index in [4.69, 9.17) is 23.7 Å². The van der Waals surface area contributed by atoms with Crippen LogP contribution in [0.3, 0.4) is 0 Å². The Morgan fingerprint density at radius 1 is 0.552 bits per heavy atom. The van der Waals surface area contributed by atoms with Crippen LogP contribution in [0.5, 0.6) is 0 Å². The topological polar surface area (TPSA) is 70.2 Å². The maximum atomic E-state index is 6.41. The number of nitrogens with one attached hydrogen (secondary N) is 2. The standard InChI is InChI=1S/C22H48N2O5/c1-9-25-15-17-27-13-11-19(23-21(3,4)5)29-20(24-22(6,7)8)12-14-28-18-16-26-10-2/h19-20,23-24H,9-18H2,1-8H3. The molecule has 0 spiro atoms. The van der Waals surface area contributed by atoms with E-state index in [2.05, 4.69) is 52.2 Å². The Bertz CT molecular complexity index is 335. The molecule has 0 heterocycles. The Labute approximate surface area is 179 Å². The molecule has 0 aliphatic rings. The monoisotopic (exact) mass is 420 g/mol. The minimum atomic E-state index is -0.120. The second-order valence-corrected chi connectivity index (χ2v) is 9.10. The van der Waals surface area contributed by atoms with Gasteiger partial charge in [0.15, 0.2) is 0 Å². The van der Waals surface area contributed by atoms with Crippen molar-refractivity contribution in [2.45, 2.75) is 91.8 Å². The van der Waals surface area contributed by atoms with Crippen LogP contribution in [0.1, 0.15) is 68.2 Å². The number of ether oxygens (including phenoxy) is 5. The van der Waals surface area contributed by atoms with Crippen molar-refractivity contribution in [2.75, 3.05) is 52.9 Å². The first-order valence-electron chi connectivity index (χ1n) is 11.1. The van der Waals surface area contributed by atoms with Crippen molar-refractivity contribution in [3.63, 3.8) is 0 Å². The zero-order valence-corrected chi connectivity index (χ0v) is 20.3. The number of hydrogen-bond acceptors (Lipinski definition) is 7. The Kier molecular flexibility index (Phi) is 16.3. The van der Waals surface area contributed by atoms with Crippen LogP contribution in [0, 0.1) is 0 Å². The molecule has 7 heteroatoms. The Hall–Kier alpha value is -0.280. The molecule has 0 aliphatic carbocycles. The van der Waals surface area contributed by atoms with Crippen molar-refractivity contribution in [3.8, 4) is 0 Å². The van der Waals surface area contributed by atoms with Gasteiger partial charge in [0.25, 0.3) is 0 Å². The van der Waals surface area contributed by atoms with Crippen LogP contribution < -0.4 is 10.6 Å². The van der Waals surface area contributed by atoms with Gasteiger partial charge in [-0.1, -0.05) is 0 Å². The van der Waals surface area contributed by atoms with Crippen molar-refractivity contribution < 1.29 is 23.7 Å².